The maximum absolute atomic E-state index is 13.2. The summed E-state index contributed by atoms with van der Waals surface area (Å²) in [6.45, 7) is 4.62. The second-order valence-electron chi connectivity index (χ2n) is 8.82. The lowest BCUT2D eigenvalue weighted by molar-refractivity contribution is -0.137. The number of hydrogen-bond donors (Lipinski definition) is 0. The number of hydrogen-bond acceptors (Lipinski definition) is 2. The highest BCUT2D eigenvalue weighted by molar-refractivity contribution is 6.09. The van der Waals surface area contributed by atoms with Gasteiger partial charge in [-0.3, -0.25) is 9.59 Å². The maximum Gasteiger partial charge on any atom is 0.242 e. The first kappa shape index (κ1) is 19.2. The molecule has 0 bridgehead atoms. The lowest BCUT2D eigenvalue weighted by Gasteiger charge is -2.39. The largest absolute Gasteiger partial charge is 0.337 e. The number of nitrogens with zero attached hydrogens (tertiary/aromatic N) is 2. The second kappa shape index (κ2) is 8.10. The number of Topliss-reactive ketones (excluding diaryl/α,β-unsaturated/α-hetero) is 1. The number of aromatic nitrogens is 1. The van der Waals surface area contributed by atoms with Crippen molar-refractivity contribution in [2.24, 2.45) is 5.92 Å². The Balaban J connectivity index is 1.62. The van der Waals surface area contributed by atoms with Gasteiger partial charge < -0.3 is 9.47 Å². The van der Waals surface area contributed by atoms with E-state index in [1.807, 2.05) is 35.0 Å². The summed E-state index contributed by atoms with van der Waals surface area (Å²) in [5.74, 6) is 0.574. The third-order valence-electron chi connectivity index (χ3n) is 6.82. The molecule has 2 atom stereocenters. The van der Waals surface area contributed by atoms with Gasteiger partial charge in [-0.2, -0.15) is 0 Å². The van der Waals surface area contributed by atoms with Crippen LogP contribution in [0.5, 0.6) is 0 Å². The standard InChI is InChI=1S/C24H32N2O2/c1-17-9-8-10-18(2)26(17)23(27)16-25-15-21(20-13-6-7-14-22(20)25)24(28)19-11-4-3-5-12-19/h6-7,13-15,17-19H,3-5,8-12,16H2,1-2H3/t17-,18-/m1/s1. The minimum absolute atomic E-state index is 0.144. The molecule has 2 aromatic rings. The van der Waals surface area contributed by atoms with E-state index in [2.05, 4.69) is 18.7 Å². The van der Waals surface area contributed by atoms with Crippen LogP contribution in [-0.2, 0) is 11.3 Å². The Morgan fingerprint density at radius 1 is 0.929 bits per heavy atom. The molecular weight excluding hydrogens is 348 g/mol. The highest BCUT2D eigenvalue weighted by Crippen LogP contribution is 2.31. The molecule has 2 heterocycles. The first-order valence-electron chi connectivity index (χ1n) is 11.0. The van der Waals surface area contributed by atoms with E-state index in [1.54, 1.807) is 0 Å². The molecule has 1 aliphatic heterocycles. The van der Waals surface area contributed by atoms with E-state index in [4.69, 9.17) is 0 Å². The van der Waals surface area contributed by atoms with Crippen molar-refractivity contribution in [2.45, 2.75) is 83.8 Å². The van der Waals surface area contributed by atoms with Crippen molar-refractivity contribution < 1.29 is 9.59 Å². The van der Waals surface area contributed by atoms with Crippen molar-refractivity contribution >= 4 is 22.6 Å². The maximum atomic E-state index is 13.2. The third-order valence-corrected chi connectivity index (χ3v) is 6.82. The molecule has 1 saturated carbocycles. The van der Waals surface area contributed by atoms with Gasteiger partial charge in [0.25, 0.3) is 0 Å². The van der Waals surface area contributed by atoms with E-state index in [0.29, 0.717) is 18.6 Å². The lowest BCUT2D eigenvalue weighted by Crippen LogP contribution is -2.48. The molecule has 150 valence electrons. The van der Waals surface area contributed by atoms with Crippen LogP contribution in [0.4, 0.5) is 0 Å². The number of piperidine rings is 1. The second-order valence-corrected chi connectivity index (χ2v) is 8.82. The molecule has 2 fully saturated rings. The van der Waals surface area contributed by atoms with Crippen LogP contribution < -0.4 is 0 Å². The van der Waals surface area contributed by atoms with Crippen LogP contribution in [0.1, 0.15) is 75.6 Å². The van der Waals surface area contributed by atoms with E-state index >= 15 is 0 Å². The van der Waals surface area contributed by atoms with Gasteiger partial charge >= 0.3 is 0 Å². The van der Waals surface area contributed by atoms with Crippen LogP contribution >= 0.6 is 0 Å². The van der Waals surface area contributed by atoms with Crippen molar-refractivity contribution in [2.75, 3.05) is 0 Å². The minimum atomic E-state index is 0.144. The monoisotopic (exact) mass is 380 g/mol. The molecular formula is C24H32N2O2. The summed E-state index contributed by atoms with van der Waals surface area (Å²) in [6, 6.07) is 8.62. The summed E-state index contributed by atoms with van der Waals surface area (Å²) < 4.78 is 2.00. The Morgan fingerprint density at radius 2 is 1.61 bits per heavy atom. The molecule has 2 aliphatic rings. The number of para-hydroxylation sites is 1. The average Bonchev–Trinajstić information content (AvgIpc) is 3.06. The summed E-state index contributed by atoms with van der Waals surface area (Å²) in [7, 11) is 0. The summed E-state index contributed by atoms with van der Waals surface area (Å²) >= 11 is 0. The number of likely N-dealkylation sites (tertiary alicyclic amines) is 1. The van der Waals surface area contributed by atoms with Crippen molar-refractivity contribution in [1.29, 1.82) is 0 Å². The lowest BCUT2D eigenvalue weighted by atomic mass is 9.84. The molecule has 0 unspecified atom stereocenters. The zero-order valence-corrected chi connectivity index (χ0v) is 17.2. The van der Waals surface area contributed by atoms with Gasteiger partial charge in [0.05, 0.1) is 0 Å². The van der Waals surface area contributed by atoms with Crippen molar-refractivity contribution in [3.8, 4) is 0 Å². The molecule has 1 saturated heterocycles. The Hall–Kier alpha value is -2.10. The summed E-state index contributed by atoms with van der Waals surface area (Å²) in [5, 5.41) is 0.991. The highest BCUT2D eigenvalue weighted by Gasteiger charge is 2.30. The van der Waals surface area contributed by atoms with E-state index in [-0.39, 0.29) is 17.6 Å². The van der Waals surface area contributed by atoms with E-state index in [1.165, 1.54) is 12.8 Å². The summed E-state index contributed by atoms with van der Waals surface area (Å²) in [5.41, 5.74) is 1.79. The van der Waals surface area contributed by atoms with Crippen molar-refractivity contribution in [3.63, 3.8) is 0 Å². The Labute approximate surface area is 167 Å². The van der Waals surface area contributed by atoms with Gasteiger partial charge in [-0.15, -0.1) is 0 Å². The van der Waals surface area contributed by atoms with Crippen LogP contribution in [0.15, 0.2) is 30.5 Å². The minimum Gasteiger partial charge on any atom is -0.337 e. The Kier molecular flexibility index (Phi) is 5.56. The zero-order valence-electron chi connectivity index (χ0n) is 17.2. The number of benzene rings is 1. The van der Waals surface area contributed by atoms with Gasteiger partial charge in [0.2, 0.25) is 5.91 Å². The zero-order chi connectivity index (χ0) is 19.7. The fourth-order valence-electron chi connectivity index (χ4n) is 5.30. The molecule has 4 heteroatoms. The molecule has 4 nitrogen and oxygen atoms in total. The van der Waals surface area contributed by atoms with Crippen LogP contribution in [0.25, 0.3) is 10.9 Å². The predicted molar refractivity (Wildman–Crippen MR) is 112 cm³/mol. The van der Waals surface area contributed by atoms with Crippen LogP contribution in [0.3, 0.4) is 0 Å². The fraction of sp³-hybridized carbons (Fsp3) is 0.583. The number of amides is 1. The topological polar surface area (TPSA) is 42.3 Å². The number of ketones is 1. The van der Waals surface area contributed by atoms with Gasteiger partial charge in [-0.25, -0.2) is 0 Å². The molecule has 4 rings (SSSR count). The summed E-state index contributed by atoms with van der Waals surface area (Å²) in [6.07, 6.45) is 10.8. The number of carbonyl (C=O) groups excluding carboxylic acids is 2. The predicted octanol–water partition coefficient (Wildman–Crippen LogP) is 5.19. The van der Waals surface area contributed by atoms with Crippen LogP contribution in [-0.4, -0.2) is 33.2 Å². The van der Waals surface area contributed by atoms with Crippen molar-refractivity contribution in [1.82, 2.24) is 9.47 Å². The third kappa shape index (κ3) is 3.61. The van der Waals surface area contributed by atoms with Crippen LogP contribution in [0.2, 0.25) is 0 Å². The number of rotatable bonds is 4. The first-order chi connectivity index (χ1) is 13.6. The highest BCUT2D eigenvalue weighted by atomic mass is 16.2. The Morgan fingerprint density at radius 3 is 2.32 bits per heavy atom. The quantitative estimate of drug-likeness (QED) is 0.685. The van der Waals surface area contributed by atoms with Gasteiger partial charge in [0.1, 0.15) is 6.54 Å². The smallest absolute Gasteiger partial charge is 0.242 e. The molecule has 1 aromatic carbocycles. The van der Waals surface area contributed by atoms with Crippen molar-refractivity contribution in [3.05, 3.63) is 36.0 Å². The number of carbonyl (C=O) groups is 2. The van der Waals surface area contributed by atoms with Gasteiger partial charge in [-0.1, -0.05) is 37.5 Å². The number of fused-ring (bicyclic) bond motifs is 1. The molecule has 0 N–H and O–H groups in total. The van der Waals surface area contributed by atoms with Gasteiger partial charge in [0, 0.05) is 40.7 Å². The molecule has 1 amide bonds. The SMILES string of the molecule is C[C@@H]1CCC[C@@H](C)N1C(=O)Cn1cc(C(=O)C2CCCCC2)c2ccccc21. The summed E-state index contributed by atoms with van der Waals surface area (Å²) in [4.78, 5) is 28.4. The van der Waals surface area contributed by atoms with Gasteiger partial charge in [-0.05, 0) is 52.0 Å². The first-order valence-corrected chi connectivity index (χ1v) is 11.0. The molecule has 1 aliphatic carbocycles. The van der Waals surface area contributed by atoms with Gasteiger partial charge in [0.15, 0.2) is 5.78 Å². The molecule has 1 aromatic heterocycles. The molecule has 28 heavy (non-hydrogen) atoms. The van der Waals surface area contributed by atoms with E-state index in [0.717, 1.165) is 55.0 Å². The fourth-order valence-corrected chi connectivity index (χ4v) is 5.30. The molecule has 0 spiro atoms. The molecule has 0 radical (unpaired) electrons. The van der Waals surface area contributed by atoms with E-state index < -0.39 is 0 Å². The average molecular weight is 381 g/mol. The Bertz CT molecular complexity index is 853. The van der Waals surface area contributed by atoms with Crippen LogP contribution in [0, 0.1) is 5.92 Å². The normalized spacial score (nSPS) is 23.9. The van der Waals surface area contributed by atoms with E-state index in [9.17, 15) is 9.59 Å².